The molecule has 188 valence electrons. The molecule has 1 N–H and O–H groups in total. The molecular weight excluding hydrogens is 452 g/mol. The molecule has 0 fully saturated rings. The third-order valence-electron chi connectivity index (χ3n) is 5.26. The first-order valence-corrected chi connectivity index (χ1v) is 11.6. The lowest BCUT2D eigenvalue weighted by Gasteiger charge is -2.27. The van der Waals surface area contributed by atoms with E-state index in [0.717, 1.165) is 23.3 Å². The molecule has 3 rings (SSSR count). The van der Waals surface area contributed by atoms with Gasteiger partial charge in [-0.1, -0.05) is 50.3 Å². The zero-order chi connectivity index (χ0) is 25.4. The Morgan fingerprint density at radius 2 is 1.89 bits per heavy atom. The minimum Gasteiger partial charge on any atom is -0.436 e. The predicted octanol–water partition coefficient (Wildman–Crippen LogP) is 5.18. The molecule has 3 aromatic rings. The highest BCUT2D eigenvalue weighted by Crippen LogP contribution is 2.35. The van der Waals surface area contributed by atoms with Crippen molar-refractivity contribution in [1.29, 1.82) is 0 Å². The second kappa shape index (κ2) is 12.6. The zero-order valence-corrected chi connectivity index (χ0v) is 20.5. The van der Waals surface area contributed by atoms with E-state index in [1.54, 1.807) is 17.8 Å². The fourth-order valence-electron chi connectivity index (χ4n) is 3.89. The highest BCUT2D eigenvalue weighted by molar-refractivity contribution is 5.65. The van der Waals surface area contributed by atoms with Crippen molar-refractivity contribution >= 4 is 0 Å². The van der Waals surface area contributed by atoms with Gasteiger partial charge in [0.15, 0.2) is 11.6 Å². The van der Waals surface area contributed by atoms with Crippen LogP contribution in [-0.2, 0) is 18.3 Å². The van der Waals surface area contributed by atoms with Gasteiger partial charge in [-0.2, -0.15) is 5.10 Å². The maximum Gasteiger partial charge on any atom is 0.222 e. The summed E-state index contributed by atoms with van der Waals surface area (Å²) >= 11 is 0. The highest BCUT2D eigenvalue weighted by Gasteiger charge is 2.24. The summed E-state index contributed by atoms with van der Waals surface area (Å²) in [5.74, 6) is -0.899. The number of aliphatic hydroxyl groups is 1. The van der Waals surface area contributed by atoms with Crippen molar-refractivity contribution in [1.82, 2.24) is 14.7 Å². The SMILES string of the molecule is C=CCOC[C@H](O)CN(Cc1c(-c2ccccc2)nn(C)c1Oc1ccc(F)cc1F)CC(C)C. The second-order valence-corrected chi connectivity index (χ2v) is 8.87. The lowest BCUT2D eigenvalue weighted by atomic mass is 10.1. The van der Waals surface area contributed by atoms with E-state index in [-0.39, 0.29) is 12.4 Å². The van der Waals surface area contributed by atoms with E-state index in [2.05, 4.69) is 30.4 Å². The molecule has 2 aromatic carbocycles. The number of benzene rings is 2. The summed E-state index contributed by atoms with van der Waals surface area (Å²) in [6.07, 6.45) is 0.933. The van der Waals surface area contributed by atoms with Crippen LogP contribution in [0.5, 0.6) is 11.6 Å². The van der Waals surface area contributed by atoms with E-state index in [9.17, 15) is 13.9 Å². The van der Waals surface area contributed by atoms with Crippen molar-refractivity contribution < 1.29 is 23.4 Å². The standard InChI is InChI=1S/C27H33F2N3O3/c1-5-13-34-18-22(33)16-32(15-19(2)3)17-23-26(20-9-7-6-8-10-20)30-31(4)27(23)35-25-12-11-21(28)14-24(25)29/h5-12,14,19,22,33H,1,13,15-18H2,2-4H3/t22-/m1/s1. The fraction of sp³-hybridized carbons (Fsp3) is 0.370. The molecule has 6 nitrogen and oxygen atoms in total. The molecule has 35 heavy (non-hydrogen) atoms. The predicted molar refractivity (Wildman–Crippen MR) is 132 cm³/mol. The van der Waals surface area contributed by atoms with Gasteiger partial charge in [0.05, 0.1) is 24.9 Å². The van der Waals surface area contributed by atoms with E-state index in [4.69, 9.17) is 9.47 Å². The number of nitrogens with zero attached hydrogens (tertiary/aromatic N) is 3. The number of aromatic nitrogens is 2. The Balaban J connectivity index is 1.97. The molecule has 0 bridgehead atoms. The van der Waals surface area contributed by atoms with Gasteiger partial charge >= 0.3 is 0 Å². The van der Waals surface area contributed by atoms with Gasteiger partial charge in [0, 0.05) is 38.3 Å². The van der Waals surface area contributed by atoms with Crippen molar-refractivity contribution in [3.05, 3.63) is 78.4 Å². The fourth-order valence-corrected chi connectivity index (χ4v) is 3.89. The van der Waals surface area contributed by atoms with E-state index in [1.165, 1.54) is 6.07 Å². The molecule has 0 spiro atoms. The van der Waals surface area contributed by atoms with Crippen LogP contribution in [0, 0.1) is 17.6 Å². The Kier molecular flexibility index (Phi) is 9.54. The van der Waals surface area contributed by atoms with Crippen LogP contribution in [0.3, 0.4) is 0 Å². The zero-order valence-electron chi connectivity index (χ0n) is 20.5. The van der Waals surface area contributed by atoms with E-state index in [1.807, 2.05) is 30.3 Å². The average molecular weight is 486 g/mol. The Bertz CT molecular complexity index is 1100. The number of hydrogen-bond acceptors (Lipinski definition) is 5. The number of halogens is 2. The number of aliphatic hydroxyl groups excluding tert-OH is 1. The third-order valence-corrected chi connectivity index (χ3v) is 5.26. The minimum absolute atomic E-state index is 0.0940. The smallest absolute Gasteiger partial charge is 0.222 e. The third kappa shape index (κ3) is 7.45. The monoisotopic (exact) mass is 485 g/mol. The lowest BCUT2D eigenvalue weighted by Crippen LogP contribution is -2.37. The maximum absolute atomic E-state index is 14.4. The number of aryl methyl sites for hydroxylation is 1. The highest BCUT2D eigenvalue weighted by atomic mass is 19.1. The Labute approximate surface area is 205 Å². The van der Waals surface area contributed by atoms with Gasteiger partial charge < -0.3 is 14.6 Å². The Morgan fingerprint density at radius 3 is 2.54 bits per heavy atom. The lowest BCUT2D eigenvalue weighted by molar-refractivity contribution is 0.0222. The van der Waals surface area contributed by atoms with E-state index >= 15 is 0 Å². The largest absolute Gasteiger partial charge is 0.436 e. The molecule has 0 saturated carbocycles. The first kappa shape index (κ1) is 26.5. The summed E-state index contributed by atoms with van der Waals surface area (Å²) in [7, 11) is 1.72. The van der Waals surface area contributed by atoms with Gasteiger partial charge in [-0.25, -0.2) is 13.5 Å². The van der Waals surface area contributed by atoms with Crippen LogP contribution >= 0.6 is 0 Å². The molecule has 0 aliphatic heterocycles. The van der Waals surface area contributed by atoms with Crippen molar-refractivity contribution in [2.75, 3.05) is 26.3 Å². The molecular formula is C27H33F2N3O3. The molecule has 0 aliphatic rings. The summed E-state index contributed by atoms with van der Waals surface area (Å²) in [6.45, 7) is 9.82. The Hall–Kier alpha value is -3.07. The summed E-state index contributed by atoms with van der Waals surface area (Å²) in [4.78, 5) is 2.10. The molecule has 1 heterocycles. The van der Waals surface area contributed by atoms with Gasteiger partial charge in [-0.15, -0.1) is 6.58 Å². The van der Waals surface area contributed by atoms with Crippen molar-refractivity contribution in [2.24, 2.45) is 13.0 Å². The van der Waals surface area contributed by atoms with Gasteiger partial charge in [0.2, 0.25) is 5.88 Å². The maximum atomic E-state index is 14.4. The molecule has 8 heteroatoms. The molecule has 0 saturated heterocycles. The van der Waals surface area contributed by atoms with Gasteiger partial charge in [-0.05, 0) is 18.1 Å². The molecule has 1 aromatic heterocycles. The number of ether oxygens (including phenoxy) is 2. The van der Waals surface area contributed by atoms with Gasteiger partial charge in [-0.3, -0.25) is 4.90 Å². The minimum atomic E-state index is -0.799. The average Bonchev–Trinajstić information content (AvgIpc) is 3.11. The van der Waals surface area contributed by atoms with Crippen LogP contribution in [0.25, 0.3) is 11.3 Å². The van der Waals surface area contributed by atoms with Crippen LogP contribution in [0.4, 0.5) is 8.78 Å². The number of hydrogen-bond donors (Lipinski definition) is 1. The molecule has 1 atom stereocenters. The molecule has 0 radical (unpaired) electrons. The first-order chi connectivity index (χ1) is 16.8. The summed E-state index contributed by atoms with van der Waals surface area (Å²) in [6, 6.07) is 12.8. The van der Waals surface area contributed by atoms with Gasteiger partial charge in [0.25, 0.3) is 0 Å². The van der Waals surface area contributed by atoms with E-state index in [0.29, 0.717) is 43.7 Å². The summed E-state index contributed by atoms with van der Waals surface area (Å²) in [5, 5.41) is 15.2. The normalized spacial score (nSPS) is 12.3. The van der Waals surface area contributed by atoms with Crippen LogP contribution in [0.1, 0.15) is 19.4 Å². The summed E-state index contributed by atoms with van der Waals surface area (Å²) in [5.41, 5.74) is 2.31. The van der Waals surface area contributed by atoms with Crippen molar-refractivity contribution in [2.45, 2.75) is 26.5 Å². The van der Waals surface area contributed by atoms with Gasteiger partial charge in [0.1, 0.15) is 11.5 Å². The van der Waals surface area contributed by atoms with E-state index < -0.39 is 17.7 Å². The van der Waals surface area contributed by atoms with Crippen LogP contribution < -0.4 is 4.74 Å². The van der Waals surface area contributed by atoms with Crippen LogP contribution in [-0.4, -0.2) is 52.2 Å². The quantitative estimate of drug-likeness (QED) is 0.267. The van der Waals surface area contributed by atoms with Crippen molar-refractivity contribution in [3.63, 3.8) is 0 Å². The van der Waals surface area contributed by atoms with Crippen molar-refractivity contribution in [3.8, 4) is 22.9 Å². The first-order valence-electron chi connectivity index (χ1n) is 11.6. The Morgan fingerprint density at radius 1 is 1.14 bits per heavy atom. The second-order valence-electron chi connectivity index (χ2n) is 8.87. The topological polar surface area (TPSA) is 59.8 Å². The van der Waals surface area contributed by atoms with Crippen LogP contribution in [0.15, 0.2) is 61.2 Å². The van der Waals surface area contributed by atoms with Crippen LogP contribution in [0.2, 0.25) is 0 Å². The molecule has 0 aliphatic carbocycles. The number of rotatable bonds is 13. The summed E-state index contributed by atoms with van der Waals surface area (Å²) < 4.78 is 40.8. The molecule has 0 unspecified atom stereocenters. The molecule has 0 amide bonds.